The summed E-state index contributed by atoms with van der Waals surface area (Å²) in [5.41, 5.74) is 8.88. The summed E-state index contributed by atoms with van der Waals surface area (Å²) in [6.45, 7) is 3.48. The molecule has 0 unspecified atom stereocenters. The zero-order valence-corrected chi connectivity index (χ0v) is 13.6. The van der Waals surface area contributed by atoms with Gasteiger partial charge in [0.15, 0.2) is 6.61 Å². The highest BCUT2D eigenvalue weighted by atomic mass is 35.5. The van der Waals surface area contributed by atoms with Gasteiger partial charge < -0.3 is 15.8 Å². The lowest BCUT2D eigenvalue weighted by Crippen LogP contribution is -2.21. The standard InChI is InChI=1S/C17H17ClN2O3/c1-10-4-3-5-15(11(10)2)20-16(21)9-23-17(22)12-6-7-13(18)14(19)8-12/h3-8H,9,19H2,1-2H3,(H,20,21). The van der Waals surface area contributed by atoms with Crippen molar-refractivity contribution in [2.24, 2.45) is 0 Å². The maximum absolute atomic E-state index is 11.9. The van der Waals surface area contributed by atoms with Crippen molar-refractivity contribution in [1.29, 1.82) is 0 Å². The molecule has 23 heavy (non-hydrogen) atoms. The topological polar surface area (TPSA) is 81.4 Å². The number of carbonyl (C=O) groups is 2. The summed E-state index contributed by atoms with van der Waals surface area (Å²) in [7, 11) is 0. The Kier molecular flexibility index (Phi) is 5.24. The number of hydrogen-bond acceptors (Lipinski definition) is 4. The summed E-state index contributed by atoms with van der Waals surface area (Å²) in [5.74, 6) is -1.04. The number of carbonyl (C=O) groups excluding carboxylic acids is 2. The largest absolute Gasteiger partial charge is 0.452 e. The monoisotopic (exact) mass is 332 g/mol. The molecule has 0 aliphatic rings. The molecule has 0 aromatic heterocycles. The van der Waals surface area contributed by atoms with Gasteiger partial charge in [0.05, 0.1) is 16.3 Å². The van der Waals surface area contributed by atoms with Crippen molar-refractivity contribution in [3.05, 3.63) is 58.1 Å². The van der Waals surface area contributed by atoms with Crippen LogP contribution >= 0.6 is 11.6 Å². The van der Waals surface area contributed by atoms with Crippen molar-refractivity contribution >= 4 is 34.9 Å². The van der Waals surface area contributed by atoms with Gasteiger partial charge in [0.1, 0.15) is 0 Å². The van der Waals surface area contributed by atoms with E-state index < -0.39 is 11.9 Å². The quantitative estimate of drug-likeness (QED) is 0.664. The second-order valence-electron chi connectivity index (χ2n) is 5.11. The van der Waals surface area contributed by atoms with E-state index in [1.54, 1.807) is 6.07 Å². The van der Waals surface area contributed by atoms with E-state index in [-0.39, 0.29) is 17.9 Å². The number of hydrogen-bond donors (Lipinski definition) is 2. The first kappa shape index (κ1) is 16.8. The van der Waals surface area contributed by atoms with Crippen LogP contribution < -0.4 is 11.1 Å². The van der Waals surface area contributed by atoms with Gasteiger partial charge in [0.25, 0.3) is 5.91 Å². The number of esters is 1. The lowest BCUT2D eigenvalue weighted by molar-refractivity contribution is -0.119. The number of halogens is 1. The minimum Gasteiger partial charge on any atom is -0.452 e. The molecule has 0 saturated carbocycles. The predicted octanol–water partition coefficient (Wildman–Crippen LogP) is 3.33. The molecule has 0 radical (unpaired) electrons. The Morgan fingerprint density at radius 2 is 1.96 bits per heavy atom. The van der Waals surface area contributed by atoms with Gasteiger partial charge in [-0.3, -0.25) is 4.79 Å². The molecule has 0 bridgehead atoms. The van der Waals surface area contributed by atoms with E-state index in [1.165, 1.54) is 18.2 Å². The Balaban J connectivity index is 1.94. The van der Waals surface area contributed by atoms with Crippen LogP contribution in [0.4, 0.5) is 11.4 Å². The Bertz CT molecular complexity index is 759. The number of aryl methyl sites for hydroxylation is 1. The van der Waals surface area contributed by atoms with Crippen LogP contribution in [-0.2, 0) is 9.53 Å². The van der Waals surface area contributed by atoms with Crippen molar-refractivity contribution in [3.8, 4) is 0 Å². The molecular formula is C17H17ClN2O3. The Hall–Kier alpha value is -2.53. The minimum atomic E-state index is -0.635. The van der Waals surface area contributed by atoms with Crippen molar-refractivity contribution < 1.29 is 14.3 Å². The lowest BCUT2D eigenvalue weighted by Gasteiger charge is -2.11. The second-order valence-corrected chi connectivity index (χ2v) is 5.52. The molecule has 2 rings (SSSR count). The Labute approximate surface area is 139 Å². The average molecular weight is 333 g/mol. The third-order valence-electron chi connectivity index (χ3n) is 3.44. The van der Waals surface area contributed by atoms with E-state index in [9.17, 15) is 9.59 Å². The summed E-state index contributed by atoms with van der Waals surface area (Å²) < 4.78 is 4.98. The van der Waals surface area contributed by atoms with Crippen molar-refractivity contribution in [2.75, 3.05) is 17.7 Å². The molecule has 0 fully saturated rings. The number of benzene rings is 2. The molecule has 2 aromatic rings. The third-order valence-corrected chi connectivity index (χ3v) is 3.79. The number of anilines is 2. The van der Waals surface area contributed by atoms with E-state index in [0.29, 0.717) is 10.7 Å². The molecule has 0 aliphatic heterocycles. The van der Waals surface area contributed by atoms with Gasteiger partial charge in [-0.1, -0.05) is 23.7 Å². The fourth-order valence-corrected chi connectivity index (χ4v) is 2.08. The summed E-state index contributed by atoms with van der Waals surface area (Å²) >= 11 is 5.79. The van der Waals surface area contributed by atoms with E-state index in [2.05, 4.69) is 5.32 Å². The van der Waals surface area contributed by atoms with Gasteiger partial charge in [0.2, 0.25) is 0 Å². The molecule has 2 aromatic carbocycles. The van der Waals surface area contributed by atoms with Gasteiger partial charge >= 0.3 is 5.97 Å². The van der Waals surface area contributed by atoms with Crippen molar-refractivity contribution in [2.45, 2.75) is 13.8 Å². The zero-order valence-electron chi connectivity index (χ0n) is 12.9. The summed E-state index contributed by atoms with van der Waals surface area (Å²) in [6, 6.07) is 10.00. The molecule has 1 amide bonds. The smallest absolute Gasteiger partial charge is 0.338 e. The maximum Gasteiger partial charge on any atom is 0.338 e. The number of nitrogen functional groups attached to an aromatic ring is 1. The van der Waals surface area contributed by atoms with Crippen LogP contribution in [0, 0.1) is 13.8 Å². The van der Waals surface area contributed by atoms with E-state index in [0.717, 1.165) is 11.1 Å². The van der Waals surface area contributed by atoms with Crippen LogP contribution in [0.1, 0.15) is 21.5 Å². The summed E-state index contributed by atoms with van der Waals surface area (Å²) in [6.07, 6.45) is 0. The SMILES string of the molecule is Cc1cccc(NC(=O)COC(=O)c2ccc(Cl)c(N)c2)c1C. The van der Waals surface area contributed by atoms with Gasteiger partial charge in [-0.05, 0) is 49.2 Å². The molecule has 0 spiro atoms. The van der Waals surface area contributed by atoms with Gasteiger partial charge in [0, 0.05) is 5.69 Å². The number of ether oxygens (including phenoxy) is 1. The van der Waals surface area contributed by atoms with Crippen LogP contribution in [0.3, 0.4) is 0 Å². The molecule has 120 valence electrons. The highest BCUT2D eigenvalue weighted by Gasteiger charge is 2.12. The fraction of sp³-hybridized carbons (Fsp3) is 0.176. The third kappa shape index (κ3) is 4.23. The zero-order chi connectivity index (χ0) is 17.0. The number of rotatable bonds is 4. The average Bonchev–Trinajstić information content (AvgIpc) is 2.52. The fourth-order valence-electron chi connectivity index (χ4n) is 1.96. The van der Waals surface area contributed by atoms with Crippen LogP contribution in [0.5, 0.6) is 0 Å². The highest BCUT2D eigenvalue weighted by molar-refractivity contribution is 6.33. The molecule has 5 nitrogen and oxygen atoms in total. The lowest BCUT2D eigenvalue weighted by atomic mass is 10.1. The second kappa shape index (κ2) is 7.15. The number of nitrogens with one attached hydrogen (secondary N) is 1. The van der Waals surface area contributed by atoms with E-state index in [4.69, 9.17) is 22.1 Å². The Morgan fingerprint density at radius 3 is 2.65 bits per heavy atom. The molecule has 0 heterocycles. The molecular weight excluding hydrogens is 316 g/mol. The maximum atomic E-state index is 11.9. The number of nitrogens with two attached hydrogens (primary N) is 1. The van der Waals surface area contributed by atoms with Crippen LogP contribution in [-0.4, -0.2) is 18.5 Å². The molecule has 0 aliphatic carbocycles. The normalized spacial score (nSPS) is 10.2. The van der Waals surface area contributed by atoms with Gasteiger partial charge in [-0.2, -0.15) is 0 Å². The van der Waals surface area contributed by atoms with Crippen molar-refractivity contribution in [1.82, 2.24) is 0 Å². The van der Waals surface area contributed by atoms with Gasteiger partial charge in [-0.15, -0.1) is 0 Å². The van der Waals surface area contributed by atoms with Crippen LogP contribution in [0.15, 0.2) is 36.4 Å². The van der Waals surface area contributed by atoms with E-state index >= 15 is 0 Å². The molecule has 3 N–H and O–H groups in total. The first-order chi connectivity index (χ1) is 10.9. The minimum absolute atomic E-state index is 0.242. The molecule has 0 saturated heterocycles. The Morgan fingerprint density at radius 1 is 1.22 bits per heavy atom. The molecule has 6 heteroatoms. The first-order valence-corrected chi connectivity index (χ1v) is 7.34. The van der Waals surface area contributed by atoms with E-state index in [1.807, 2.05) is 26.0 Å². The first-order valence-electron chi connectivity index (χ1n) is 6.96. The highest BCUT2D eigenvalue weighted by Crippen LogP contribution is 2.20. The molecule has 0 atom stereocenters. The van der Waals surface area contributed by atoms with Crippen LogP contribution in [0.2, 0.25) is 5.02 Å². The predicted molar refractivity (Wildman–Crippen MR) is 90.7 cm³/mol. The van der Waals surface area contributed by atoms with Crippen molar-refractivity contribution in [3.63, 3.8) is 0 Å². The van der Waals surface area contributed by atoms with Gasteiger partial charge in [-0.25, -0.2) is 4.79 Å². The number of amides is 1. The van der Waals surface area contributed by atoms with Crippen LogP contribution in [0.25, 0.3) is 0 Å². The summed E-state index contributed by atoms with van der Waals surface area (Å²) in [5, 5.41) is 3.07. The summed E-state index contributed by atoms with van der Waals surface area (Å²) in [4.78, 5) is 23.8.